The maximum absolute atomic E-state index is 13.1. The van der Waals surface area contributed by atoms with Crippen molar-refractivity contribution in [1.82, 2.24) is 4.90 Å². The Morgan fingerprint density at radius 1 is 0.960 bits per heavy atom. The number of piperidine rings is 1. The predicted molar refractivity (Wildman–Crippen MR) is 91.8 cm³/mol. The van der Waals surface area contributed by atoms with Gasteiger partial charge < -0.3 is 19.1 Å². The van der Waals surface area contributed by atoms with Crippen molar-refractivity contribution in [2.24, 2.45) is 5.92 Å². The van der Waals surface area contributed by atoms with Crippen LogP contribution >= 0.6 is 0 Å². The average Bonchev–Trinajstić information content (AvgIpc) is 2.56. The number of ether oxygens (including phenoxy) is 3. The number of nitrogens with zero attached hydrogens (tertiary/aromatic N) is 1. The Kier molecular flexibility index (Phi) is 11.7. The molecular formula is C18H34F3NO3. The van der Waals surface area contributed by atoms with Gasteiger partial charge in [-0.15, -0.1) is 0 Å². The Balaban J connectivity index is 2.11. The zero-order chi connectivity index (χ0) is 18.5. The molecule has 0 saturated carbocycles. The van der Waals surface area contributed by atoms with Crippen LogP contribution in [0.1, 0.15) is 45.4 Å². The van der Waals surface area contributed by atoms with E-state index in [2.05, 4.69) is 4.90 Å². The van der Waals surface area contributed by atoms with E-state index < -0.39 is 12.3 Å². The van der Waals surface area contributed by atoms with Gasteiger partial charge in [-0.1, -0.05) is 0 Å². The summed E-state index contributed by atoms with van der Waals surface area (Å²) in [5.74, 6) is 0.0917. The van der Waals surface area contributed by atoms with Crippen LogP contribution in [0.3, 0.4) is 0 Å². The first-order chi connectivity index (χ1) is 11.9. The van der Waals surface area contributed by atoms with Gasteiger partial charge in [-0.25, -0.2) is 0 Å². The molecule has 25 heavy (non-hydrogen) atoms. The number of unbranched alkanes of at least 4 members (excludes halogenated alkanes) is 2. The van der Waals surface area contributed by atoms with E-state index in [0.29, 0.717) is 6.61 Å². The molecule has 0 aromatic carbocycles. The van der Waals surface area contributed by atoms with Gasteiger partial charge in [-0.2, -0.15) is 13.2 Å². The van der Waals surface area contributed by atoms with Gasteiger partial charge in [-0.3, -0.25) is 0 Å². The molecule has 1 aliphatic heterocycles. The van der Waals surface area contributed by atoms with E-state index in [1.165, 1.54) is 0 Å². The van der Waals surface area contributed by atoms with Gasteiger partial charge in [0.05, 0.1) is 13.2 Å². The molecule has 1 aliphatic rings. The molecule has 0 amide bonds. The normalized spacial score (nSPS) is 18.6. The fourth-order valence-corrected chi connectivity index (χ4v) is 2.98. The molecule has 4 nitrogen and oxygen atoms in total. The molecule has 1 unspecified atom stereocenters. The SMILES string of the molecule is CCOCCCCCOCCOC(CC1CCN(C)CC1)C(F)(F)F. The lowest BCUT2D eigenvalue weighted by Crippen LogP contribution is -2.38. The lowest BCUT2D eigenvalue weighted by Gasteiger charge is -2.32. The molecule has 1 atom stereocenters. The molecule has 0 radical (unpaired) electrons. The maximum Gasteiger partial charge on any atom is 0.414 e. The molecular weight excluding hydrogens is 335 g/mol. The zero-order valence-corrected chi connectivity index (χ0v) is 15.7. The van der Waals surface area contributed by atoms with Crippen LogP contribution in [0.15, 0.2) is 0 Å². The first-order valence-corrected chi connectivity index (χ1v) is 9.45. The lowest BCUT2D eigenvalue weighted by atomic mass is 9.91. The number of likely N-dealkylation sites (tertiary alicyclic amines) is 1. The third-order valence-electron chi connectivity index (χ3n) is 4.58. The molecule has 0 aliphatic carbocycles. The minimum atomic E-state index is -4.30. The summed E-state index contributed by atoms with van der Waals surface area (Å²) in [7, 11) is 2.00. The molecule has 1 saturated heterocycles. The summed E-state index contributed by atoms with van der Waals surface area (Å²) in [6, 6.07) is 0. The molecule has 0 N–H and O–H groups in total. The van der Waals surface area contributed by atoms with Crippen molar-refractivity contribution >= 4 is 0 Å². The Hall–Kier alpha value is -0.370. The van der Waals surface area contributed by atoms with Gasteiger partial charge in [0, 0.05) is 19.8 Å². The summed E-state index contributed by atoms with van der Waals surface area (Å²) in [6.07, 6.45) is -1.41. The van der Waals surface area contributed by atoms with Crippen molar-refractivity contribution in [1.29, 1.82) is 0 Å². The van der Waals surface area contributed by atoms with Crippen molar-refractivity contribution < 1.29 is 27.4 Å². The second-order valence-corrected chi connectivity index (χ2v) is 6.75. The highest BCUT2D eigenvalue weighted by molar-refractivity contribution is 4.77. The first-order valence-electron chi connectivity index (χ1n) is 9.45. The van der Waals surface area contributed by atoms with Gasteiger partial charge >= 0.3 is 6.18 Å². The number of halogens is 3. The van der Waals surface area contributed by atoms with Crippen LogP contribution in [-0.2, 0) is 14.2 Å². The van der Waals surface area contributed by atoms with Crippen LogP contribution in [0, 0.1) is 5.92 Å². The second-order valence-electron chi connectivity index (χ2n) is 6.75. The highest BCUT2D eigenvalue weighted by Gasteiger charge is 2.42. The van der Waals surface area contributed by atoms with E-state index in [9.17, 15) is 13.2 Å². The number of alkyl halides is 3. The summed E-state index contributed by atoms with van der Waals surface area (Å²) in [5, 5.41) is 0. The van der Waals surface area contributed by atoms with Crippen molar-refractivity contribution in [3.63, 3.8) is 0 Å². The van der Waals surface area contributed by atoms with Gasteiger partial charge in [0.15, 0.2) is 6.10 Å². The van der Waals surface area contributed by atoms with Crippen molar-refractivity contribution in [2.45, 2.75) is 57.7 Å². The minimum absolute atomic E-state index is 0.00422. The fourth-order valence-electron chi connectivity index (χ4n) is 2.98. The van der Waals surface area contributed by atoms with Crippen molar-refractivity contribution in [2.75, 3.05) is 53.2 Å². The third kappa shape index (κ3) is 11.1. The van der Waals surface area contributed by atoms with Crippen LogP contribution < -0.4 is 0 Å². The van der Waals surface area contributed by atoms with E-state index in [1.807, 2.05) is 14.0 Å². The first kappa shape index (κ1) is 22.7. The fraction of sp³-hybridized carbons (Fsp3) is 1.00. The highest BCUT2D eigenvalue weighted by atomic mass is 19.4. The Labute approximate surface area is 150 Å². The molecule has 150 valence electrons. The van der Waals surface area contributed by atoms with E-state index in [1.54, 1.807) is 0 Å². The molecule has 0 bridgehead atoms. The third-order valence-corrected chi connectivity index (χ3v) is 4.58. The summed E-state index contributed by atoms with van der Waals surface area (Å²) in [5.41, 5.74) is 0. The molecule has 7 heteroatoms. The zero-order valence-electron chi connectivity index (χ0n) is 15.7. The highest BCUT2D eigenvalue weighted by Crippen LogP contribution is 2.31. The monoisotopic (exact) mass is 369 g/mol. The summed E-state index contributed by atoms with van der Waals surface area (Å²) in [4.78, 5) is 2.15. The Bertz CT molecular complexity index is 321. The topological polar surface area (TPSA) is 30.9 Å². The molecule has 1 rings (SSSR count). The predicted octanol–water partition coefficient (Wildman–Crippen LogP) is 3.89. The Morgan fingerprint density at radius 2 is 1.60 bits per heavy atom. The van der Waals surface area contributed by atoms with Crippen LogP contribution in [0.5, 0.6) is 0 Å². The van der Waals surface area contributed by atoms with E-state index in [4.69, 9.17) is 14.2 Å². The van der Waals surface area contributed by atoms with E-state index in [-0.39, 0.29) is 25.6 Å². The lowest BCUT2D eigenvalue weighted by molar-refractivity contribution is -0.228. The van der Waals surface area contributed by atoms with Crippen molar-refractivity contribution in [3.8, 4) is 0 Å². The number of hydrogen-bond donors (Lipinski definition) is 0. The molecule has 1 heterocycles. The summed E-state index contributed by atoms with van der Waals surface area (Å²) < 4.78 is 55.1. The van der Waals surface area contributed by atoms with Gasteiger partial charge in [0.2, 0.25) is 0 Å². The number of hydrogen-bond acceptors (Lipinski definition) is 4. The van der Waals surface area contributed by atoms with Crippen LogP contribution in [0.25, 0.3) is 0 Å². The second kappa shape index (κ2) is 12.9. The largest absolute Gasteiger partial charge is 0.414 e. The Morgan fingerprint density at radius 3 is 2.20 bits per heavy atom. The summed E-state index contributed by atoms with van der Waals surface area (Å²) in [6.45, 7) is 5.94. The standard InChI is InChI=1S/C18H34F3NO3/c1-3-23-11-5-4-6-12-24-13-14-25-17(18(19,20)21)15-16-7-9-22(2)10-8-16/h16-17H,3-15H2,1-2H3. The molecule has 0 aromatic rings. The van der Waals surface area contributed by atoms with Crippen molar-refractivity contribution in [3.05, 3.63) is 0 Å². The molecule has 1 fully saturated rings. The molecule has 0 aromatic heterocycles. The van der Waals surface area contributed by atoms with E-state index in [0.717, 1.165) is 58.4 Å². The van der Waals surface area contributed by atoms with Gasteiger partial charge in [0.25, 0.3) is 0 Å². The minimum Gasteiger partial charge on any atom is -0.382 e. The van der Waals surface area contributed by atoms with Crippen LogP contribution in [-0.4, -0.2) is 70.4 Å². The molecule has 0 spiro atoms. The maximum atomic E-state index is 13.1. The quantitative estimate of drug-likeness (QED) is 0.461. The van der Waals surface area contributed by atoms with Gasteiger partial charge in [-0.05, 0) is 71.5 Å². The van der Waals surface area contributed by atoms with Crippen LogP contribution in [0.2, 0.25) is 0 Å². The summed E-state index contributed by atoms with van der Waals surface area (Å²) >= 11 is 0. The van der Waals surface area contributed by atoms with Crippen LogP contribution in [0.4, 0.5) is 13.2 Å². The van der Waals surface area contributed by atoms with Gasteiger partial charge in [0.1, 0.15) is 0 Å². The average molecular weight is 369 g/mol. The van der Waals surface area contributed by atoms with E-state index >= 15 is 0 Å². The smallest absolute Gasteiger partial charge is 0.382 e. The number of rotatable bonds is 13.